The number of nitrogens with zero attached hydrogens (tertiary/aromatic N) is 1. The first-order valence-corrected chi connectivity index (χ1v) is 4.38. The number of hydrogen-bond acceptors (Lipinski definition) is 2. The maximum Gasteiger partial charge on any atom is 0.264 e. The van der Waals surface area contributed by atoms with Crippen molar-refractivity contribution in [3.8, 4) is 0 Å². The van der Waals surface area contributed by atoms with Gasteiger partial charge in [-0.05, 0) is 28.7 Å². The zero-order valence-electron chi connectivity index (χ0n) is 6.27. The van der Waals surface area contributed by atoms with Gasteiger partial charge in [0.1, 0.15) is 3.70 Å². The first kappa shape index (κ1) is 10.7. The summed E-state index contributed by atoms with van der Waals surface area (Å²) in [6, 6.07) is 1.06. The lowest BCUT2D eigenvalue weighted by Gasteiger charge is -2.06. The number of halogens is 4. The molecule has 2 nitrogen and oxygen atoms in total. The van der Waals surface area contributed by atoms with Crippen LogP contribution in [0.15, 0.2) is 6.07 Å². The third kappa shape index (κ3) is 2.31. The van der Waals surface area contributed by atoms with Crippen LogP contribution in [0.2, 0.25) is 0 Å². The Morgan fingerprint density at radius 1 is 1.54 bits per heavy atom. The number of aliphatic hydroxyl groups is 1. The molecule has 1 heterocycles. The molecular weight excluding hydrogens is 298 g/mol. The predicted octanol–water partition coefficient (Wildman–Crippen LogP) is 2.26. The molecule has 0 aliphatic rings. The number of alkyl halides is 2. The van der Waals surface area contributed by atoms with Crippen molar-refractivity contribution in [1.82, 2.24) is 4.98 Å². The van der Waals surface area contributed by atoms with E-state index in [0.29, 0.717) is 0 Å². The van der Waals surface area contributed by atoms with E-state index in [4.69, 9.17) is 5.11 Å². The van der Waals surface area contributed by atoms with Gasteiger partial charge >= 0.3 is 0 Å². The van der Waals surface area contributed by atoms with Crippen LogP contribution in [0.3, 0.4) is 0 Å². The van der Waals surface area contributed by atoms with Gasteiger partial charge in [0.05, 0.1) is 6.61 Å². The van der Waals surface area contributed by atoms with Gasteiger partial charge in [0.25, 0.3) is 6.43 Å². The Labute approximate surface area is 85.9 Å². The second-order valence-electron chi connectivity index (χ2n) is 2.26. The molecule has 1 aromatic heterocycles. The third-order valence-corrected chi connectivity index (χ3v) is 2.02. The maximum atomic E-state index is 12.9. The lowest BCUT2D eigenvalue weighted by atomic mass is 10.1. The van der Waals surface area contributed by atoms with Crippen molar-refractivity contribution < 1.29 is 18.3 Å². The molecule has 0 aromatic carbocycles. The highest BCUT2D eigenvalue weighted by Gasteiger charge is 2.17. The van der Waals surface area contributed by atoms with Gasteiger partial charge in [-0.3, -0.25) is 0 Å². The van der Waals surface area contributed by atoms with E-state index < -0.39 is 30.1 Å². The zero-order chi connectivity index (χ0) is 10.0. The lowest BCUT2D eigenvalue weighted by molar-refractivity contribution is 0.145. The standard InChI is InChI=1S/C7H5F3INO/c8-6(9)3-1-5(11)12-7(10)4(3)2-13/h1,6,13H,2H2. The molecule has 1 aromatic rings. The summed E-state index contributed by atoms with van der Waals surface area (Å²) in [7, 11) is 0. The minimum atomic E-state index is -2.80. The lowest BCUT2D eigenvalue weighted by Crippen LogP contribution is -2.03. The van der Waals surface area contributed by atoms with Crippen LogP contribution in [-0.4, -0.2) is 10.1 Å². The first-order valence-electron chi connectivity index (χ1n) is 3.30. The average molecular weight is 303 g/mol. The molecule has 0 atom stereocenters. The minimum absolute atomic E-state index is 0.141. The van der Waals surface area contributed by atoms with E-state index in [1.54, 1.807) is 22.6 Å². The molecule has 0 bridgehead atoms. The monoisotopic (exact) mass is 303 g/mol. The Balaban J connectivity index is 3.29. The van der Waals surface area contributed by atoms with Crippen molar-refractivity contribution in [3.05, 3.63) is 26.8 Å². The van der Waals surface area contributed by atoms with Gasteiger partial charge in [0, 0.05) is 11.1 Å². The predicted molar refractivity (Wildman–Crippen MR) is 47.8 cm³/mol. The van der Waals surface area contributed by atoms with E-state index in [9.17, 15) is 13.2 Å². The molecule has 0 saturated carbocycles. The number of hydrogen-bond donors (Lipinski definition) is 1. The van der Waals surface area contributed by atoms with Crippen LogP contribution in [-0.2, 0) is 6.61 Å². The van der Waals surface area contributed by atoms with Gasteiger partial charge < -0.3 is 5.11 Å². The largest absolute Gasteiger partial charge is 0.391 e. The van der Waals surface area contributed by atoms with Gasteiger partial charge in [-0.25, -0.2) is 13.8 Å². The Kier molecular flexibility index (Phi) is 3.48. The summed E-state index contributed by atoms with van der Waals surface area (Å²) in [5.41, 5.74) is -0.935. The van der Waals surface area contributed by atoms with Crippen LogP contribution in [0.25, 0.3) is 0 Å². The van der Waals surface area contributed by atoms with Crippen LogP contribution in [0, 0.1) is 9.65 Å². The summed E-state index contributed by atoms with van der Waals surface area (Å²) in [4.78, 5) is 3.31. The van der Waals surface area contributed by atoms with Gasteiger partial charge in [0.2, 0.25) is 5.95 Å². The van der Waals surface area contributed by atoms with Crippen molar-refractivity contribution in [2.75, 3.05) is 0 Å². The third-order valence-electron chi connectivity index (χ3n) is 1.47. The number of pyridine rings is 1. The summed E-state index contributed by atoms with van der Waals surface area (Å²) in [6.45, 7) is -0.768. The molecule has 0 aliphatic carbocycles. The molecule has 13 heavy (non-hydrogen) atoms. The highest BCUT2D eigenvalue weighted by Crippen LogP contribution is 2.25. The van der Waals surface area contributed by atoms with Crippen LogP contribution >= 0.6 is 22.6 Å². The van der Waals surface area contributed by atoms with Crippen LogP contribution in [0.5, 0.6) is 0 Å². The summed E-state index contributed by atoms with van der Waals surface area (Å²) < 4.78 is 37.5. The molecule has 72 valence electrons. The zero-order valence-corrected chi connectivity index (χ0v) is 8.43. The fourth-order valence-corrected chi connectivity index (χ4v) is 1.43. The SMILES string of the molecule is OCc1c(C(F)F)cc(I)nc1F. The van der Waals surface area contributed by atoms with Gasteiger partial charge in [-0.15, -0.1) is 0 Å². The van der Waals surface area contributed by atoms with Gasteiger partial charge in [0.15, 0.2) is 0 Å². The van der Waals surface area contributed by atoms with E-state index in [2.05, 4.69) is 4.98 Å². The van der Waals surface area contributed by atoms with Crippen LogP contribution in [0.1, 0.15) is 17.6 Å². The summed E-state index contributed by atoms with van der Waals surface area (Å²) >= 11 is 1.63. The maximum absolute atomic E-state index is 12.9. The minimum Gasteiger partial charge on any atom is -0.391 e. The summed E-state index contributed by atoms with van der Waals surface area (Å²) in [6.07, 6.45) is -2.80. The number of rotatable bonds is 2. The Morgan fingerprint density at radius 3 is 2.62 bits per heavy atom. The van der Waals surface area contributed by atoms with Crippen LogP contribution in [0.4, 0.5) is 13.2 Å². The second-order valence-corrected chi connectivity index (χ2v) is 3.37. The highest BCUT2D eigenvalue weighted by atomic mass is 127. The Hall–Kier alpha value is -0.370. The van der Waals surface area contributed by atoms with Crippen molar-refractivity contribution in [2.24, 2.45) is 0 Å². The Morgan fingerprint density at radius 2 is 2.15 bits per heavy atom. The highest BCUT2D eigenvalue weighted by molar-refractivity contribution is 14.1. The van der Waals surface area contributed by atoms with E-state index >= 15 is 0 Å². The fraction of sp³-hybridized carbons (Fsp3) is 0.286. The molecule has 0 amide bonds. The molecule has 1 N–H and O–H groups in total. The molecule has 0 fully saturated rings. The van der Waals surface area contributed by atoms with E-state index in [1.807, 2.05) is 0 Å². The Bertz CT molecular complexity index is 319. The quantitative estimate of drug-likeness (QED) is 0.671. The molecule has 1 rings (SSSR count). The van der Waals surface area contributed by atoms with Gasteiger partial charge in [-0.2, -0.15) is 4.39 Å². The van der Waals surface area contributed by atoms with Gasteiger partial charge in [-0.1, -0.05) is 0 Å². The van der Waals surface area contributed by atoms with Crippen molar-refractivity contribution in [3.63, 3.8) is 0 Å². The molecule has 0 aliphatic heterocycles. The topological polar surface area (TPSA) is 33.1 Å². The van der Waals surface area contributed by atoms with Crippen molar-refractivity contribution in [2.45, 2.75) is 13.0 Å². The number of aliphatic hydroxyl groups excluding tert-OH is 1. The second kappa shape index (κ2) is 4.23. The smallest absolute Gasteiger partial charge is 0.264 e. The molecule has 0 unspecified atom stereocenters. The first-order chi connectivity index (χ1) is 6.06. The fourth-order valence-electron chi connectivity index (χ4n) is 0.879. The summed E-state index contributed by atoms with van der Waals surface area (Å²) in [5.74, 6) is -1.04. The summed E-state index contributed by atoms with van der Waals surface area (Å²) in [5, 5.41) is 8.62. The van der Waals surface area contributed by atoms with E-state index in [1.165, 1.54) is 0 Å². The van der Waals surface area contributed by atoms with Crippen molar-refractivity contribution >= 4 is 22.6 Å². The molecule has 0 saturated heterocycles. The van der Waals surface area contributed by atoms with Crippen LogP contribution < -0.4 is 0 Å². The van der Waals surface area contributed by atoms with E-state index in [0.717, 1.165) is 6.07 Å². The molecular formula is C7H5F3INO. The normalized spacial score (nSPS) is 10.9. The molecule has 0 radical (unpaired) electrons. The van der Waals surface area contributed by atoms with Crippen molar-refractivity contribution in [1.29, 1.82) is 0 Å². The molecule has 6 heteroatoms. The molecule has 0 spiro atoms. The van der Waals surface area contributed by atoms with E-state index in [-0.39, 0.29) is 3.70 Å². The average Bonchev–Trinajstić information content (AvgIpc) is 2.02. The number of aromatic nitrogens is 1.